The molecule has 1 N–H and O–H groups in total. The molecule has 2 unspecified atom stereocenters. The van der Waals surface area contributed by atoms with Gasteiger partial charge >= 0.3 is 0 Å². The third-order valence-corrected chi connectivity index (χ3v) is 5.76. The topological polar surface area (TPSA) is 32.3 Å². The second kappa shape index (κ2) is 6.56. The monoisotopic (exact) mass is 322 g/mol. The molecule has 3 nitrogen and oxygen atoms in total. The first kappa shape index (κ1) is 15.6. The zero-order valence-corrected chi connectivity index (χ0v) is 14.4. The SMILES string of the molecule is Cc1cccc2c1CN(C(=O)C1=CCCC=C1)C1CCCNCC21. The lowest BCUT2D eigenvalue weighted by Gasteiger charge is -2.42. The van der Waals surface area contributed by atoms with Crippen molar-refractivity contribution in [2.45, 2.75) is 51.1 Å². The lowest BCUT2D eigenvalue weighted by atomic mass is 9.80. The second-order valence-corrected chi connectivity index (χ2v) is 7.24. The molecular formula is C21H26N2O. The zero-order chi connectivity index (χ0) is 16.5. The van der Waals surface area contributed by atoms with Crippen LogP contribution in [-0.4, -0.2) is 29.9 Å². The summed E-state index contributed by atoms with van der Waals surface area (Å²) in [4.78, 5) is 15.4. The summed E-state index contributed by atoms with van der Waals surface area (Å²) in [5.74, 6) is 0.630. The molecule has 24 heavy (non-hydrogen) atoms. The fourth-order valence-corrected chi connectivity index (χ4v) is 4.46. The minimum absolute atomic E-state index is 0.219. The van der Waals surface area contributed by atoms with Crippen LogP contribution in [-0.2, 0) is 11.3 Å². The Labute approximate surface area is 144 Å². The van der Waals surface area contributed by atoms with E-state index in [0.717, 1.165) is 50.9 Å². The predicted octanol–water partition coefficient (Wildman–Crippen LogP) is 3.45. The van der Waals surface area contributed by atoms with Crippen LogP contribution >= 0.6 is 0 Å². The summed E-state index contributed by atoms with van der Waals surface area (Å²) < 4.78 is 0. The van der Waals surface area contributed by atoms with Crippen molar-refractivity contribution in [3.8, 4) is 0 Å². The minimum atomic E-state index is 0.219. The molecule has 1 fully saturated rings. The van der Waals surface area contributed by atoms with Crippen LogP contribution in [0.5, 0.6) is 0 Å². The first-order chi connectivity index (χ1) is 11.8. The lowest BCUT2D eigenvalue weighted by Crippen LogP contribution is -2.48. The number of nitrogens with zero attached hydrogens (tertiary/aromatic N) is 1. The van der Waals surface area contributed by atoms with Crippen LogP contribution in [0.25, 0.3) is 0 Å². The summed E-state index contributed by atoms with van der Waals surface area (Å²) in [6.07, 6.45) is 10.5. The van der Waals surface area contributed by atoms with Crippen LogP contribution in [0.3, 0.4) is 0 Å². The van der Waals surface area contributed by atoms with Gasteiger partial charge in [0.15, 0.2) is 0 Å². The van der Waals surface area contributed by atoms with Gasteiger partial charge in [0.1, 0.15) is 0 Å². The number of fused-ring (bicyclic) bond motifs is 3. The second-order valence-electron chi connectivity index (χ2n) is 7.24. The fraction of sp³-hybridized carbons (Fsp3) is 0.476. The molecule has 0 bridgehead atoms. The van der Waals surface area contributed by atoms with E-state index in [1.165, 1.54) is 16.7 Å². The van der Waals surface area contributed by atoms with Crippen LogP contribution in [0.4, 0.5) is 0 Å². The molecule has 3 aliphatic rings. The number of aryl methyl sites for hydroxylation is 1. The van der Waals surface area contributed by atoms with Crippen LogP contribution in [0.2, 0.25) is 0 Å². The maximum Gasteiger partial charge on any atom is 0.254 e. The largest absolute Gasteiger partial charge is 0.331 e. The molecular weight excluding hydrogens is 296 g/mol. The van der Waals surface area contributed by atoms with Crippen molar-refractivity contribution in [3.63, 3.8) is 0 Å². The van der Waals surface area contributed by atoms with Crippen molar-refractivity contribution >= 4 is 5.91 Å². The van der Waals surface area contributed by atoms with Gasteiger partial charge in [0, 0.05) is 30.6 Å². The van der Waals surface area contributed by atoms with Crippen LogP contribution in [0.15, 0.2) is 42.0 Å². The summed E-state index contributed by atoms with van der Waals surface area (Å²) in [5.41, 5.74) is 5.00. The molecule has 0 spiro atoms. The van der Waals surface area contributed by atoms with E-state index in [0.29, 0.717) is 12.0 Å². The summed E-state index contributed by atoms with van der Waals surface area (Å²) in [7, 11) is 0. The lowest BCUT2D eigenvalue weighted by molar-refractivity contribution is -0.131. The Morgan fingerprint density at radius 1 is 1.29 bits per heavy atom. The van der Waals surface area contributed by atoms with Gasteiger partial charge in [0.05, 0.1) is 0 Å². The fourth-order valence-electron chi connectivity index (χ4n) is 4.46. The number of amides is 1. The van der Waals surface area contributed by atoms with Crippen molar-refractivity contribution in [1.29, 1.82) is 0 Å². The molecule has 1 aliphatic carbocycles. The molecule has 1 saturated heterocycles. The number of hydrogen-bond donors (Lipinski definition) is 1. The minimum Gasteiger partial charge on any atom is -0.331 e. The first-order valence-electron chi connectivity index (χ1n) is 9.22. The molecule has 2 aliphatic heterocycles. The van der Waals surface area contributed by atoms with Gasteiger partial charge in [-0.25, -0.2) is 0 Å². The Hall–Kier alpha value is -1.87. The number of rotatable bonds is 1. The Morgan fingerprint density at radius 2 is 2.21 bits per heavy atom. The Bertz CT molecular complexity index is 704. The third-order valence-electron chi connectivity index (χ3n) is 5.76. The van der Waals surface area contributed by atoms with Gasteiger partial charge in [-0.1, -0.05) is 36.4 Å². The highest BCUT2D eigenvalue weighted by Crippen LogP contribution is 2.38. The Balaban J connectivity index is 1.74. The molecule has 1 aromatic rings. The first-order valence-corrected chi connectivity index (χ1v) is 9.22. The quantitative estimate of drug-likeness (QED) is 0.859. The molecule has 1 aromatic carbocycles. The highest BCUT2D eigenvalue weighted by Gasteiger charge is 2.38. The van der Waals surface area contributed by atoms with E-state index >= 15 is 0 Å². The Morgan fingerprint density at radius 3 is 3.04 bits per heavy atom. The molecule has 4 rings (SSSR count). The third kappa shape index (κ3) is 2.71. The van der Waals surface area contributed by atoms with Gasteiger partial charge < -0.3 is 10.2 Å². The molecule has 0 saturated carbocycles. The van der Waals surface area contributed by atoms with Crippen molar-refractivity contribution in [2.24, 2.45) is 0 Å². The van der Waals surface area contributed by atoms with E-state index in [1.807, 2.05) is 6.08 Å². The maximum absolute atomic E-state index is 13.2. The summed E-state index contributed by atoms with van der Waals surface area (Å²) >= 11 is 0. The highest BCUT2D eigenvalue weighted by molar-refractivity contribution is 5.96. The number of nitrogens with one attached hydrogen (secondary N) is 1. The van der Waals surface area contributed by atoms with Crippen molar-refractivity contribution in [1.82, 2.24) is 10.2 Å². The number of benzene rings is 1. The standard InChI is InChI=1S/C21H26N2O/c1-15-7-5-10-17-18-13-22-12-6-11-20(18)23(14-19(15)17)21(24)16-8-3-2-4-9-16/h3,5,7-10,18,20,22H,2,4,6,11-14H2,1H3. The van der Waals surface area contributed by atoms with Crippen LogP contribution in [0.1, 0.15) is 48.3 Å². The molecule has 0 radical (unpaired) electrons. The molecule has 2 heterocycles. The van der Waals surface area contributed by atoms with E-state index in [-0.39, 0.29) is 5.91 Å². The van der Waals surface area contributed by atoms with Gasteiger partial charge in [0.25, 0.3) is 5.91 Å². The maximum atomic E-state index is 13.2. The van der Waals surface area contributed by atoms with E-state index in [9.17, 15) is 4.79 Å². The molecule has 2 atom stereocenters. The zero-order valence-electron chi connectivity index (χ0n) is 14.4. The highest BCUT2D eigenvalue weighted by atomic mass is 16.2. The van der Waals surface area contributed by atoms with E-state index in [4.69, 9.17) is 0 Å². The number of allylic oxidation sites excluding steroid dienone is 2. The predicted molar refractivity (Wildman–Crippen MR) is 96.8 cm³/mol. The van der Waals surface area contributed by atoms with E-state index in [1.54, 1.807) is 0 Å². The van der Waals surface area contributed by atoms with E-state index < -0.39 is 0 Å². The smallest absolute Gasteiger partial charge is 0.254 e. The van der Waals surface area contributed by atoms with Crippen LogP contribution < -0.4 is 5.32 Å². The van der Waals surface area contributed by atoms with E-state index in [2.05, 4.69) is 47.5 Å². The van der Waals surface area contributed by atoms with Crippen molar-refractivity contribution in [2.75, 3.05) is 13.1 Å². The van der Waals surface area contributed by atoms with Crippen molar-refractivity contribution < 1.29 is 4.79 Å². The van der Waals surface area contributed by atoms with Gasteiger partial charge in [0.2, 0.25) is 0 Å². The van der Waals surface area contributed by atoms with Gasteiger partial charge in [-0.15, -0.1) is 0 Å². The van der Waals surface area contributed by atoms with Gasteiger partial charge in [-0.05, 0) is 55.8 Å². The number of carbonyl (C=O) groups excluding carboxylic acids is 1. The van der Waals surface area contributed by atoms with Gasteiger partial charge in [-0.3, -0.25) is 4.79 Å². The molecule has 0 aromatic heterocycles. The summed E-state index contributed by atoms with van der Waals surface area (Å²) in [5, 5.41) is 3.58. The molecule has 1 amide bonds. The molecule has 3 heteroatoms. The van der Waals surface area contributed by atoms with Gasteiger partial charge in [-0.2, -0.15) is 0 Å². The normalized spacial score (nSPS) is 26.2. The summed E-state index contributed by atoms with van der Waals surface area (Å²) in [6, 6.07) is 6.93. The Kier molecular flexibility index (Phi) is 4.28. The summed E-state index contributed by atoms with van der Waals surface area (Å²) in [6.45, 7) is 4.96. The number of carbonyl (C=O) groups is 1. The average molecular weight is 322 g/mol. The number of hydrogen-bond acceptors (Lipinski definition) is 2. The van der Waals surface area contributed by atoms with Crippen molar-refractivity contribution in [3.05, 3.63) is 58.7 Å². The average Bonchev–Trinajstić information content (AvgIpc) is 2.88. The molecule has 126 valence electrons. The van der Waals surface area contributed by atoms with Crippen LogP contribution in [0, 0.1) is 6.92 Å².